The molecular formula is C20H20O6. The highest BCUT2D eigenvalue weighted by Crippen LogP contribution is 2.48. The van der Waals surface area contributed by atoms with Crippen molar-refractivity contribution < 1.29 is 50.6 Å². The molecule has 2 bridgehead atoms. The molecule has 136 valence electrons. The van der Waals surface area contributed by atoms with E-state index in [-0.39, 0.29) is 0 Å². The van der Waals surface area contributed by atoms with Crippen LogP contribution in [0.1, 0.15) is 47.4 Å². The van der Waals surface area contributed by atoms with E-state index in [1.807, 2.05) is 0 Å². The van der Waals surface area contributed by atoms with Crippen LogP contribution < -0.4 is 0 Å². The fourth-order valence-corrected chi connectivity index (χ4v) is 2.20. The minimum atomic E-state index is -3.10. The van der Waals surface area contributed by atoms with Crippen LogP contribution in [0.4, 0.5) is 0 Å². The highest BCUT2D eigenvalue weighted by molar-refractivity contribution is 6.04. The third-order valence-corrected chi connectivity index (χ3v) is 3.26. The first-order valence-electron chi connectivity index (χ1n) is 15.0. The molecule has 0 radical (unpaired) electrons. The first kappa shape index (κ1) is 6.76. The molecule has 0 amide bonds. The second-order valence-corrected chi connectivity index (χ2v) is 4.85. The second kappa shape index (κ2) is 8.08. The van der Waals surface area contributed by atoms with Gasteiger partial charge in [-0.2, -0.15) is 0 Å². The van der Waals surface area contributed by atoms with Gasteiger partial charge in [-0.3, -0.25) is 9.59 Å². The number of carbonyl (C=O) groups is 4. The van der Waals surface area contributed by atoms with Crippen LogP contribution in [0.3, 0.4) is 0 Å². The number of rotatable bonds is 0. The van der Waals surface area contributed by atoms with Crippen molar-refractivity contribution in [1.82, 2.24) is 0 Å². The lowest BCUT2D eigenvalue weighted by atomic mass is 9.63. The van der Waals surface area contributed by atoms with Gasteiger partial charge in [-0.05, 0) is 37.3 Å². The van der Waals surface area contributed by atoms with Crippen molar-refractivity contribution in [3.8, 4) is 0 Å². The lowest BCUT2D eigenvalue weighted by molar-refractivity contribution is -0.154. The minimum absolute atomic E-state index is 0.579. The molecule has 2 fully saturated rings. The molecule has 0 aromatic rings. The van der Waals surface area contributed by atoms with Crippen LogP contribution in [-0.2, 0) is 28.7 Å². The molecule has 0 aromatic carbocycles. The number of allylic oxidation sites excluding steroid dienone is 6. The average molecular weight is 372 g/mol. The van der Waals surface area contributed by atoms with Crippen LogP contribution in [0.15, 0.2) is 48.5 Å². The summed E-state index contributed by atoms with van der Waals surface area (Å²) in [5, 5.41) is 0. The molecule has 6 heteroatoms. The van der Waals surface area contributed by atoms with Gasteiger partial charge in [0, 0.05) is 25.9 Å². The van der Waals surface area contributed by atoms with Gasteiger partial charge in [0.25, 0.3) is 0 Å². The van der Waals surface area contributed by atoms with Crippen LogP contribution in [0, 0.1) is 23.6 Å². The fourth-order valence-electron chi connectivity index (χ4n) is 2.20. The molecule has 6 aliphatic rings. The zero-order valence-corrected chi connectivity index (χ0v) is 12.8. The zero-order chi connectivity index (χ0) is 32.8. The van der Waals surface area contributed by atoms with Crippen LogP contribution >= 0.6 is 0 Å². The Morgan fingerprint density at radius 3 is 1.69 bits per heavy atom. The van der Waals surface area contributed by atoms with Gasteiger partial charge < -0.3 is 9.47 Å². The summed E-state index contributed by atoms with van der Waals surface area (Å²) in [4.78, 5) is 43.5. The molecule has 4 atom stereocenters. The van der Waals surface area contributed by atoms with Crippen molar-refractivity contribution in [3.63, 3.8) is 0 Å². The van der Waals surface area contributed by atoms with E-state index in [4.69, 9.17) is 21.9 Å². The number of hydrogen-bond acceptors (Lipinski definition) is 6. The minimum Gasteiger partial charge on any atom is -0.393 e. The first-order valence-corrected chi connectivity index (χ1v) is 7.03. The third kappa shape index (κ3) is 4.07. The van der Waals surface area contributed by atoms with Gasteiger partial charge in [0.1, 0.15) is 0 Å². The smallest absolute Gasteiger partial charge is 0.338 e. The van der Waals surface area contributed by atoms with Crippen molar-refractivity contribution in [1.29, 1.82) is 0 Å². The van der Waals surface area contributed by atoms with Gasteiger partial charge in [-0.1, -0.05) is 36.3 Å². The number of carbonyl (C=O) groups excluding carboxylic acids is 4. The molecule has 2 unspecified atom stereocenters. The molecule has 4 aliphatic carbocycles. The van der Waals surface area contributed by atoms with Crippen molar-refractivity contribution in [2.75, 3.05) is 0 Å². The SMILES string of the molecule is O=C1C=CC(=O)O1.[2H]C1=C([2H])C([2H])([2H])C([2H])([2H])C([2H])=C1[2H].[2H]C1=C([2H])C2([2H])[C@H]3C(=O)OC(=O)[C@H]3C1([2H])C([2H])([2H])C2([2H])[2H]. The van der Waals surface area contributed by atoms with Crippen LogP contribution in [-0.4, -0.2) is 23.9 Å². The summed E-state index contributed by atoms with van der Waals surface area (Å²) in [6, 6.07) is -5.13. The van der Waals surface area contributed by atoms with E-state index in [2.05, 4.69) is 9.47 Å². The summed E-state index contributed by atoms with van der Waals surface area (Å²) >= 11 is 0. The number of ether oxygens (including phenoxy) is 2. The van der Waals surface area contributed by atoms with E-state index >= 15 is 0 Å². The molecule has 1 saturated carbocycles. The monoisotopic (exact) mass is 372 g/mol. The Bertz CT molecular complexity index is 1320. The highest BCUT2D eigenvalue weighted by Gasteiger charge is 2.54. The topological polar surface area (TPSA) is 86.7 Å². The Hall–Kier alpha value is -2.76. The van der Waals surface area contributed by atoms with Gasteiger partial charge in [0.2, 0.25) is 0 Å². The quantitative estimate of drug-likeness (QED) is 0.369. The van der Waals surface area contributed by atoms with Gasteiger partial charge >= 0.3 is 23.9 Å². The van der Waals surface area contributed by atoms with Crippen molar-refractivity contribution in [2.45, 2.75) is 25.5 Å². The van der Waals surface area contributed by atoms with Crippen LogP contribution in [0.25, 0.3) is 0 Å². The van der Waals surface area contributed by atoms with E-state index in [0.717, 1.165) is 12.2 Å². The summed E-state index contributed by atoms with van der Waals surface area (Å²) < 4.78 is 130. The summed E-state index contributed by atoms with van der Waals surface area (Å²) in [5.74, 6) is -12.8. The molecule has 26 heavy (non-hydrogen) atoms. The van der Waals surface area contributed by atoms with Gasteiger partial charge in [0.15, 0.2) is 0 Å². The van der Waals surface area contributed by atoms with E-state index in [1.165, 1.54) is 0 Å². The largest absolute Gasteiger partial charge is 0.393 e. The molecule has 1 saturated heterocycles. The molecule has 6 nitrogen and oxygen atoms in total. The van der Waals surface area contributed by atoms with Crippen molar-refractivity contribution in [2.24, 2.45) is 23.6 Å². The van der Waals surface area contributed by atoms with E-state index in [0.29, 0.717) is 0 Å². The molecule has 0 N–H and O–H groups in total. The number of hydrogen-bond donors (Lipinski definition) is 0. The standard InChI is InChI=1S/C10H10O3.C6H8.C4H2O3/c11-9-7-5-1-2-6(4-3-5)8(7)10(12)13-9;1-2-4-6-5-3-1;5-3-1-2-4(6)7-3/h1-2,5-8H,3-4H2;1-4H,5-6H2;1-2H/t5?,6?,7-,8+;;/i1D,2D,3D2,4D2,5D,6D;1D,2D,3D,4D,5D2,6D2;. The van der Waals surface area contributed by atoms with E-state index in [9.17, 15) is 19.2 Å². The first-order chi connectivity index (χ1) is 18.8. The Kier molecular flexibility index (Phi) is 2.10. The van der Waals surface area contributed by atoms with Crippen molar-refractivity contribution >= 4 is 23.9 Å². The van der Waals surface area contributed by atoms with Crippen molar-refractivity contribution in [3.05, 3.63) is 48.5 Å². The normalized spacial score (nSPS) is 56.9. The molecule has 2 aliphatic heterocycles. The molecule has 6 rings (SSSR count). The summed E-state index contributed by atoms with van der Waals surface area (Å²) in [7, 11) is 0. The molecule has 0 aromatic heterocycles. The van der Waals surface area contributed by atoms with Gasteiger partial charge in [0.05, 0.1) is 20.1 Å². The van der Waals surface area contributed by atoms with Gasteiger partial charge in [-0.25, -0.2) is 9.59 Å². The fraction of sp³-hybridized carbons (Fsp3) is 0.400. The summed E-state index contributed by atoms with van der Waals surface area (Å²) in [5.41, 5.74) is 0. The third-order valence-electron chi connectivity index (χ3n) is 3.26. The highest BCUT2D eigenvalue weighted by atomic mass is 16.6. The Morgan fingerprint density at radius 2 is 1.31 bits per heavy atom. The van der Waals surface area contributed by atoms with E-state index < -0.39 is 109 Å². The average Bonchev–Trinajstić information content (AvgIpc) is 3.42. The molecule has 0 spiro atoms. The van der Waals surface area contributed by atoms with Crippen LogP contribution in [0.5, 0.6) is 0 Å². The predicted octanol–water partition coefficient (Wildman–Crippen LogP) is 2.42. The Morgan fingerprint density at radius 1 is 0.846 bits per heavy atom. The number of cyclic esters (lactones) is 4. The lowest BCUT2D eigenvalue weighted by Crippen LogP contribution is -2.38. The van der Waals surface area contributed by atoms with Gasteiger partial charge in [-0.15, -0.1) is 0 Å². The Balaban J connectivity index is 0.000000197. The number of fused-ring (bicyclic) bond motifs is 1. The predicted molar refractivity (Wildman–Crippen MR) is 91.2 cm³/mol. The zero-order valence-electron chi connectivity index (χ0n) is 28.8. The molecular weight excluding hydrogens is 336 g/mol. The maximum Gasteiger partial charge on any atom is 0.338 e. The summed E-state index contributed by atoms with van der Waals surface area (Å²) in [6.07, 6.45) is -9.47. The lowest BCUT2D eigenvalue weighted by Gasteiger charge is -2.37. The number of esters is 4. The van der Waals surface area contributed by atoms with E-state index in [1.54, 1.807) is 0 Å². The van der Waals surface area contributed by atoms with Crippen LogP contribution in [0.2, 0.25) is 0 Å². The second-order valence-electron chi connectivity index (χ2n) is 4.85. The maximum absolute atomic E-state index is 11.8. The molecule has 2 heterocycles. The Labute approximate surface area is 173 Å². The summed E-state index contributed by atoms with van der Waals surface area (Å²) in [6.45, 7) is 0. The maximum atomic E-state index is 11.8.